The Bertz CT molecular complexity index is 292. The number of carboxylic acid groups (broad SMARTS) is 1. The van der Waals surface area contributed by atoms with Gasteiger partial charge in [0.05, 0.1) is 6.10 Å². The Hall–Kier alpha value is -1.10. The van der Waals surface area contributed by atoms with Crippen molar-refractivity contribution in [3.8, 4) is 0 Å². The van der Waals surface area contributed by atoms with E-state index in [9.17, 15) is 9.59 Å². The monoisotopic (exact) mass is 229 g/mol. The number of nitrogens with zero attached hydrogens (tertiary/aromatic N) is 1. The van der Waals surface area contributed by atoms with Gasteiger partial charge in [-0.05, 0) is 26.2 Å². The molecule has 5 heteroatoms. The first-order valence-corrected chi connectivity index (χ1v) is 5.49. The fraction of sp³-hybridized carbons (Fsp3) is 0.818. The topological polar surface area (TPSA) is 66.8 Å². The van der Waals surface area contributed by atoms with Crippen molar-refractivity contribution in [1.82, 2.24) is 4.90 Å². The van der Waals surface area contributed by atoms with Crippen LogP contribution in [0.1, 0.15) is 27.2 Å². The fourth-order valence-electron chi connectivity index (χ4n) is 1.95. The Kier molecular flexibility index (Phi) is 3.91. The highest BCUT2D eigenvalue weighted by atomic mass is 16.5. The van der Waals surface area contributed by atoms with Crippen molar-refractivity contribution in [1.29, 1.82) is 0 Å². The molecule has 0 bridgehead atoms. The van der Waals surface area contributed by atoms with E-state index >= 15 is 0 Å². The minimum Gasteiger partial charge on any atom is -0.480 e. The van der Waals surface area contributed by atoms with Crippen molar-refractivity contribution < 1.29 is 19.4 Å². The molecule has 0 saturated carbocycles. The standard InChI is InChI=1S/C11H19NO4/c1-6-5-7(2)16-9(6)10(13)12(4)8(3)11(14)15/h6-9H,5H2,1-4H3,(H,14,15). The summed E-state index contributed by atoms with van der Waals surface area (Å²) in [7, 11) is 1.50. The Morgan fingerprint density at radius 2 is 2.00 bits per heavy atom. The van der Waals surface area contributed by atoms with Crippen molar-refractivity contribution in [3.05, 3.63) is 0 Å². The van der Waals surface area contributed by atoms with Gasteiger partial charge in [-0.25, -0.2) is 4.79 Å². The number of hydrogen-bond donors (Lipinski definition) is 1. The van der Waals surface area contributed by atoms with Gasteiger partial charge in [0.15, 0.2) is 0 Å². The summed E-state index contributed by atoms with van der Waals surface area (Å²) < 4.78 is 5.50. The van der Waals surface area contributed by atoms with Gasteiger partial charge in [0.2, 0.25) is 0 Å². The van der Waals surface area contributed by atoms with Crippen molar-refractivity contribution in [2.75, 3.05) is 7.05 Å². The van der Waals surface area contributed by atoms with E-state index in [1.807, 2.05) is 13.8 Å². The molecule has 1 aliphatic heterocycles. The van der Waals surface area contributed by atoms with E-state index in [-0.39, 0.29) is 17.9 Å². The van der Waals surface area contributed by atoms with Crippen molar-refractivity contribution >= 4 is 11.9 Å². The number of likely N-dealkylation sites (N-methyl/N-ethyl adjacent to an activating group) is 1. The Balaban J connectivity index is 2.67. The number of carbonyl (C=O) groups is 2. The van der Waals surface area contributed by atoms with Gasteiger partial charge in [-0.3, -0.25) is 4.79 Å². The van der Waals surface area contributed by atoms with E-state index in [4.69, 9.17) is 9.84 Å². The van der Waals surface area contributed by atoms with E-state index in [0.29, 0.717) is 0 Å². The maximum atomic E-state index is 12.0. The van der Waals surface area contributed by atoms with E-state index < -0.39 is 18.1 Å². The summed E-state index contributed by atoms with van der Waals surface area (Å²) in [5.41, 5.74) is 0. The molecule has 1 amide bonds. The normalized spacial score (nSPS) is 31.1. The van der Waals surface area contributed by atoms with Crippen LogP contribution in [0.4, 0.5) is 0 Å². The SMILES string of the molecule is CC1CC(C)C(C(=O)N(C)C(C)C(=O)O)O1. The quantitative estimate of drug-likeness (QED) is 0.774. The number of carboxylic acids is 1. The van der Waals surface area contributed by atoms with Gasteiger partial charge in [0.25, 0.3) is 5.91 Å². The lowest BCUT2D eigenvalue weighted by atomic mass is 10.0. The van der Waals surface area contributed by atoms with Gasteiger partial charge in [-0.1, -0.05) is 6.92 Å². The highest BCUT2D eigenvalue weighted by Crippen LogP contribution is 2.27. The summed E-state index contributed by atoms with van der Waals surface area (Å²) in [5, 5.41) is 8.83. The fourth-order valence-corrected chi connectivity index (χ4v) is 1.95. The number of amides is 1. The molecule has 4 atom stereocenters. The lowest BCUT2D eigenvalue weighted by Crippen LogP contribution is -2.46. The van der Waals surface area contributed by atoms with Crippen molar-refractivity contribution in [3.63, 3.8) is 0 Å². The predicted octanol–water partition coefficient (Wildman–Crippen LogP) is 0.731. The maximum absolute atomic E-state index is 12.0. The van der Waals surface area contributed by atoms with Crippen LogP contribution in [0.15, 0.2) is 0 Å². The number of aliphatic carboxylic acids is 1. The summed E-state index contributed by atoms with van der Waals surface area (Å²) >= 11 is 0. The molecule has 0 aromatic rings. The summed E-state index contributed by atoms with van der Waals surface area (Å²) in [5.74, 6) is -1.10. The first-order chi connectivity index (χ1) is 7.34. The van der Waals surface area contributed by atoms with Gasteiger partial charge in [0.1, 0.15) is 12.1 Å². The van der Waals surface area contributed by atoms with Crippen LogP contribution in [-0.2, 0) is 14.3 Å². The maximum Gasteiger partial charge on any atom is 0.326 e. The van der Waals surface area contributed by atoms with Crippen LogP contribution >= 0.6 is 0 Å². The van der Waals surface area contributed by atoms with Gasteiger partial charge >= 0.3 is 5.97 Å². The molecule has 1 rings (SSSR count). The summed E-state index contributed by atoms with van der Waals surface area (Å²) in [6.07, 6.45) is 0.408. The molecular weight excluding hydrogens is 210 g/mol. The smallest absolute Gasteiger partial charge is 0.326 e. The molecule has 5 nitrogen and oxygen atoms in total. The van der Waals surface area contributed by atoms with E-state index in [2.05, 4.69) is 0 Å². The minimum atomic E-state index is -1.01. The van der Waals surface area contributed by atoms with Gasteiger partial charge in [-0.15, -0.1) is 0 Å². The molecule has 1 heterocycles. The molecule has 0 aromatic heterocycles. The third-order valence-corrected chi connectivity index (χ3v) is 3.13. The summed E-state index contributed by atoms with van der Waals surface area (Å²) in [6, 6.07) is -0.820. The van der Waals surface area contributed by atoms with Crippen LogP contribution in [0.3, 0.4) is 0 Å². The first kappa shape index (κ1) is 13.0. The number of ether oxygens (including phenoxy) is 1. The second-order valence-corrected chi connectivity index (χ2v) is 4.54. The Morgan fingerprint density at radius 3 is 2.38 bits per heavy atom. The van der Waals surface area contributed by atoms with Crippen LogP contribution in [0.25, 0.3) is 0 Å². The third kappa shape index (κ3) is 2.52. The van der Waals surface area contributed by atoms with Crippen molar-refractivity contribution in [2.45, 2.75) is 45.4 Å². The summed E-state index contributed by atoms with van der Waals surface area (Å²) in [4.78, 5) is 24.0. The largest absolute Gasteiger partial charge is 0.480 e. The predicted molar refractivity (Wildman–Crippen MR) is 58.0 cm³/mol. The van der Waals surface area contributed by atoms with Crippen molar-refractivity contribution in [2.24, 2.45) is 5.92 Å². The average Bonchev–Trinajstić information content (AvgIpc) is 2.54. The molecule has 1 N–H and O–H groups in total. The second-order valence-electron chi connectivity index (χ2n) is 4.54. The zero-order valence-corrected chi connectivity index (χ0v) is 10.1. The Morgan fingerprint density at radius 1 is 1.44 bits per heavy atom. The minimum absolute atomic E-state index is 0.0671. The van der Waals surface area contributed by atoms with E-state index in [1.54, 1.807) is 0 Å². The molecule has 4 unspecified atom stereocenters. The lowest BCUT2D eigenvalue weighted by molar-refractivity contribution is -0.154. The number of hydrogen-bond acceptors (Lipinski definition) is 3. The van der Waals surface area contributed by atoms with Gasteiger partial charge in [0, 0.05) is 7.05 Å². The number of carbonyl (C=O) groups excluding carboxylic acids is 1. The number of rotatable bonds is 3. The molecule has 16 heavy (non-hydrogen) atoms. The molecule has 1 fully saturated rings. The molecule has 0 aromatic carbocycles. The second kappa shape index (κ2) is 4.82. The first-order valence-electron chi connectivity index (χ1n) is 5.49. The van der Waals surface area contributed by atoms with Gasteiger partial charge in [-0.2, -0.15) is 0 Å². The van der Waals surface area contributed by atoms with Crippen LogP contribution in [0, 0.1) is 5.92 Å². The van der Waals surface area contributed by atoms with Gasteiger partial charge < -0.3 is 14.7 Å². The average molecular weight is 229 g/mol. The lowest BCUT2D eigenvalue weighted by Gasteiger charge is -2.26. The molecule has 0 radical (unpaired) electrons. The highest BCUT2D eigenvalue weighted by molar-refractivity contribution is 5.86. The van der Waals surface area contributed by atoms with E-state index in [0.717, 1.165) is 6.42 Å². The molecule has 92 valence electrons. The van der Waals surface area contributed by atoms with Crippen LogP contribution < -0.4 is 0 Å². The molecule has 1 saturated heterocycles. The van der Waals surface area contributed by atoms with Crippen LogP contribution in [0.2, 0.25) is 0 Å². The van der Waals surface area contributed by atoms with Crippen LogP contribution in [-0.4, -0.2) is 47.2 Å². The Labute approximate surface area is 95.4 Å². The molecular formula is C11H19NO4. The van der Waals surface area contributed by atoms with E-state index in [1.165, 1.54) is 18.9 Å². The highest BCUT2D eigenvalue weighted by Gasteiger charge is 2.38. The van der Waals surface area contributed by atoms with Crippen LogP contribution in [0.5, 0.6) is 0 Å². The molecule has 0 spiro atoms. The molecule has 0 aliphatic carbocycles. The zero-order chi connectivity index (χ0) is 12.5. The summed E-state index contributed by atoms with van der Waals surface area (Å²) in [6.45, 7) is 5.36. The third-order valence-electron chi connectivity index (χ3n) is 3.13. The zero-order valence-electron chi connectivity index (χ0n) is 10.1. The molecule has 1 aliphatic rings.